The topological polar surface area (TPSA) is 87.1 Å². The molecule has 0 saturated heterocycles. The monoisotopic (exact) mass is 340 g/mol. The summed E-state index contributed by atoms with van der Waals surface area (Å²) in [6.07, 6.45) is 4.81. The number of pyridine rings is 1. The zero-order valence-electron chi connectivity index (χ0n) is 14.5. The van der Waals surface area contributed by atoms with E-state index in [-0.39, 0.29) is 30.5 Å². The molecule has 0 bridgehead atoms. The molecule has 0 saturated carbocycles. The maximum absolute atomic E-state index is 12.6. The predicted molar refractivity (Wildman–Crippen MR) is 93.1 cm³/mol. The van der Waals surface area contributed by atoms with Gasteiger partial charge in [0.2, 0.25) is 5.91 Å². The Morgan fingerprint density at radius 1 is 1.32 bits per heavy atom. The lowest BCUT2D eigenvalue weighted by Gasteiger charge is -2.08. The van der Waals surface area contributed by atoms with Gasteiger partial charge in [0.1, 0.15) is 10.9 Å². The highest BCUT2D eigenvalue weighted by Gasteiger charge is 2.10. The first kappa shape index (κ1) is 16.8. The van der Waals surface area contributed by atoms with Crippen LogP contribution >= 0.6 is 0 Å². The molecule has 8 heteroatoms. The van der Waals surface area contributed by atoms with E-state index in [4.69, 9.17) is 0 Å². The molecule has 0 N–H and O–H groups in total. The van der Waals surface area contributed by atoms with Crippen LogP contribution in [0.25, 0.3) is 11.0 Å². The van der Waals surface area contributed by atoms with E-state index in [2.05, 4.69) is 15.1 Å². The Morgan fingerprint density at radius 3 is 2.88 bits per heavy atom. The van der Waals surface area contributed by atoms with E-state index in [1.807, 2.05) is 19.9 Å². The third-order valence-corrected chi connectivity index (χ3v) is 3.78. The smallest absolute Gasteiger partial charge is 0.264 e. The summed E-state index contributed by atoms with van der Waals surface area (Å²) in [5, 5.41) is 4.48. The van der Waals surface area contributed by atoms with E-state index in [9.17, 15) is 9.59 Å². The predicted octanol–water partition coefficient (Wildman–Crippen LogP) is 0.971. The molecule has 0 aliphatic rings. The fraction of sp³-hybridized carbons (Fsp3) is 0.353. The Bertz CT molecular complexity index is 1040. The number of aromatic nitrogens is 5. The molecule has 3 aromatic heterocycles. The number of nitrogens with zero attached hydrogens (tertiary/aromatic N) is 6. The van der Waals surface area contributed by atoms with Crippen molar-refractivity contribution in [1.82, 2.24) is 23.9 Å². The molecule has 8 nitrogen and oxygen atoms in total. The molecule has 3 rings (SSSR count). The van der Waals surface area contributed by atoms with Gasteiger partial charge in [-0.3, -0.25) is 28.4 Å². The number of hydrogen-bond donors (Lipinski definition) is 0. The Morgan fingerprint density at radius 2 is 2.12 bits per heavy atom. The Kier molecular flexibility index (Phi) is 4.60. The molecule has 130 valence electrons. The van der Waals surface area contributed by atoms with Crippen LogP contribution in [0.2, 0.25) is 0 Å². The van der Waals surface area contributed by atoms with Crippen LogP contribution in [0.3, 0.4) is 0 Å². The van der Waals surface area contributed by atoms with Crippen molar-refractivity contribution in [3.05, 3.63) is 52.8 Å². The van der Waals surface area contributed by atoms with E-state index in [0.29, 0.717) is 16.5 Å². The van der Waals surface area contributed by atoms with Crippen molar-refractivity contribution in [1.29, 1.82) is 0 Å². The second kappa shape index (κ2) is 6.84. The van der Waals surface area contributed by atoms with Crippen molar-refractivity contribution in [3.63, 3.8) is 0 Å². The normalized spacial score (nSPS) is 12.2. The minimum absolute atomic E-state index is 0.0845. The maximum atomic E-state index is 12.6. The van der Waals surface area contributed by atoms with E-state index in [1.165, 1.54) is 21.7 Å². The molecule has 0 aromatic carbocycles. The van der Waals surface area contributed by atoms with Crippen LogP contribution < -0.4 is 11.0 Å². The number of rotatable bonds is 4. The summed E-state index contributed by atoms with van der Waals surface area (Å²) in [4.78, 5) is 33.7. The molecule has 0 radical (unpaired) electrons. The summed E-state index contributed by atoms with van der Waals surface area (Å²) in [5.74, 6) is -0.127. The van der Waals surface area contributed by atoms with Crippen molar-refractivity contribution in [2.45, 2.75) is 32.9 Å². The molecular weight excluding hydrogens is 320 g/mol. The first-order valence-electron chi connectivity index (χ1n) is 8.09. The molecule has 0 amide bonds. The van der Waals surface area contributed by atoms with Gasteiger partial charge in [-0.15, -0.1) is 0 Å². The highest BCUT2D eigenvalue weighted by molar-refractivity contribution is 5.78. The van der Waals surface area contributed by atoms with E-state index in [1.54, 1.807) is 30.1 Å². The maximum Gasteiger partial charge on any atom is 0.264 e. The summed E-state index contributed by atoms with van der Waals surface area (Å²) in [6.45, 7) is 4.16. The van der Waals surface area contributed by atoms with Gasteiger partial charge in [-0.1, -0.05) is 6.07 Å². The van der Waals surface area contributed by atoms with Gasteiger partial charge in [0.05, 0.1) is 12.5 Å². The number of aryl methyl sites for hydroxylation is 2. The minimum atomic E-state index is -0.198. The average Bonchev–Trinajstić information content (AvgIpc) is 2.96. The first-order chi connectivity index (χ1) is 12.0. The third kappa shape index (κ3) is 3.42. The van der Waals surface area contributed by atoms with Crippen molar-refractivity contribution < 1.29 is 4.79 Å². The average molecular weight is 340 g/mol. The van der Waals surface area contributed by atoms with Gasteiger partial charge in [-0.2, -0.15) is 5.10 Å². The Labute approximate surface area is 144 Å². The molecule has 0 fully saturated rings. The van der Waals surface area contributed by atoms with Gasteiger partial charge in [-0.25, -0.2) is 4.98 Å². The van der Waals surface area contributed by atoms with Crippen LogP contribution in [-0.4, -0.2) is 35.8 Å². The minimum Gasteiger partial charge on any atom is -0.298 e. The fourth-order valence-corrected chi connectivity index (χ4v) is 2.58. The standard InChI is InChI=1S/C17H20N6O2/c1-12(2)20-14-6-4-5-8-23(14)15(24)7-9-22-11-18-16-13(17(22)25)10-19-21(16)3/h4-6,8,10-12H,7,9H2,1-3H3. The summed E-state index contributed by atoms with van der Waals surface area (Å²) >= 11 is 0. The second-order valence-corrected chi connectivity index (χ2v) is 6.04. The summed E-state index contributed by atoms with van der Waals surface area (Å²) in [6, 6.07) is 5.51. The SMILES string of the molecule is CC(C)N=c1ccccn1C(=O)CCn1cnc2c(cnn2C)c1=O. The van der Waals surface area contributed by atoms with Crippen molar-refractivity contribution >= 4 is 16.9 Å². The number of carbonyl (C=O) groups is 1. The van der Waals surface area contributed by atoms with Crippen molar-refractivity contribution in [3.8, 4) is 0 Å². The fourth-order valence-electron chi connectivity index (χ4n) is 2.58. The zero-order chi connectivity index (χ0) is 18.0. The Balaban J connectivity index is 1.84. The van der Waals surface area contributed by atoms with Gasteiger partial charge in [0.15, 0.2) is 5.65 Å². The summed E-state index contributed by atoms with van der Waals surface area (Å²) in [5.41, 5.74) is 0.940. The zero-order valence-corrected chi connectivity index (χ0v) is 14.5. The van der Waals surface area contributed by atoms with Crippen LogP contribution in [0.5, 0.6) is 0 Å². The van der Waals surface area contributed by atoms with Crippen LogP contribution in [-0.2, 0) is 13.6 Å². The van der Waals surface area contributed by atoms with Crippen molar-refractivity contribution in [2.24, 2.45) is 12.0 Å². The summed E-state index contributed by atoms with van der Waals surface area (Å²) < 4.78 is 4.50. The molecule has 0 aliphatic carbocycles. The molecule has 3 aromatic rings. The van der Waals surface area contributed by atoms with Gasteiger partial charge >= 0.3 is 0 Å². The van der Waals surface area contributed by atoms with Crippen molar-refractivity contribution in [2.75, 3.05) is 0 Å². The van der Waals surface area contributed by atoms with Gasteiger partial charge in [0, 0.05) is 32.3 Å². The second-order valence-electron chi connectivity index (χ2n) is 6.04. The first-order valence-corrected chi connectivity index (χ1v) is 8.09. The summed E-state index contributed by atoms with van der Waals surface area (Å²) in [7, 11) is 1.73. The van der Waals surface area contributed by atoms with E-state index >= 15 is 0 Å². The number of carbonyl (C=O) groups excluding carboxylic acids is 1. The quantitative estimate of drug-likeness (QED) is 0.708. The van der Waals surface area contributed by atoms with Crippen LogP contribution in [0.1, 0.15) is 25.1 Å². The van der Waals surface area contributed by atoms with Gasteiger partial charge in [-0.05, 0) is 26.0 Å². The molecule has 0 aliphatic heterocycles. The number of fused-ring (bicyclic) bond motifs is 1. The molecule has 0 spiro atoms. The third-order valence-electron chi connectivity index (χ3n) is 3.78. The van der Waals surface area contributed by atoms with E-state index in [0.717, 1.165) is 0 Å². The van der Waals surface area contributed by atoms with Crippen LogP contribution in [0, 0.1) is 0 Å². The van der Waals surface area contributed by atoms with Gasteiger partial charge < -0.3 is 0 Å². The number of hydrogen-bond acceptors (Lipinski definition) is 5. The Hall–Kier alpha value is -3.03. The van der Waals surface area contributed by atoms with Gasteiger partial charge in [0.25, 0.3) is 5.56 Å². The lowest BCUT2D eigenvalue weighted by atomic mass is 10.3. The lowest BCUT2D eigenvalue weighted by Crippen LogP contribution is -2.29. The van der Waals surface area contributed by atoms with Crippen LogP contribution in [0.4, 0.5) is 0 Å². The largest absolute Gasteiger partial charge is 0.298 e. The molecule has 0 atom stereocenters. The highest BCUT2D eigenvalue weighted by Crippen LogP contribution is 2.03. The molecular formula is C17H20N6O2. The molecule has 25 heavy (non-hydrogen) atoms. The molecule has 0 unspecified atom stereocenters. The molecule has 3 heterocycles. The van der Waals surface area contributed by atoms with Crippen LogP contribution in [0.15, 0.2) is 46.7 Å². The highest BCUT2D eigenvalue weighted by atomic mass is 16.2. The lowest BCUT2D eigenvalue weighted by molar-refractivity contribution is 0.0890. The van der Waals surface area contributed by atoms with E-state index < -0.39 is 0 Å².